The number of carbonyl (C=O) groups excluding carboxylic acids is 1. The average Bonchev–Trinajstić information content (AvgIpc) is 2.67. The van der Waals surface area contributed by atoms with Gasteiger partial charge < -0.3 is 10.1 Å². The summed E-state index contributed by atoms with van der Waals surface area (Å²) in [6.07, 6.45) is 0. The van der Waals surface area contributed by atoms with Crippen LogP contribution in [0.1, 0.15) is 22.7 Å². The first-order valence-corrected chi connectivity index (χ1v) is 9.69. The molecule has 3 nitrogen and oxygen atoms in total. The van der Waals surface area contributed by atoms with Crippen molar-refractivity contribution in [2.75, 3.05) is 6.61 Å². The van der Waals surface area contributed by atoms with Crippen molar-refractivity contribution >= 4 is 33.4 Å². The van der Waals surface area contributed by atoms with Gasteiger partial charge in [-0.05, 0) is 41.8 Å². The van der Waals surface area contributed by atoms with E-state index in [4.69, 9.17) is 16.3 Å². The summed E-state index contributed by atoms with van der Waals surface area (Å²) in [5.74, 6) is 0.258. The van der Waals surface area contributed by atoms with Crippen LogP contribution in [0.5, 0.6) is 5.75 Å². The number of amides is 1. The van der Waals surface area contributed by atoms with Gasteiger partial charge in [-0.15, -0.1) is 0 Å². The Morgan fingerprint density at radius 1 is 1.07 bits per heavy atom. The molecule has 0 aliphatic heterocycles. The third-order valence-electron chi connectivity index (χ3n) is 4.19. The van der Waals surface area contributed by atoms with Crippen molar-refractivity contribution in [3.05, 3.63) is 99.0 Å². The monoisotopic (exact) mass is 443 g/mol. The van der Waals surface area contributed by atoms with Crippen LogP contribution in [0.4, 0.5) is 0 Å². The van der Waals surface area contributed by atoms with E-state index in [-0.39, 0.29) is 18.6 Å². The molecule has 0 bridgehead atoms. The molecular formula is C22H19BrClNO2. The molecule has 1 unspecified atom stereocenters. The number of hydrogen-bond donors (Lipinski definition) is 1. The quantitative estimate of drug-likeness (QED) is 0.530. The maximum Gasteiger partial charge on any atom is 0.258 e. The van der Waals surface area contributed by atoms with Crippen molar-refractivity contribution in [2.45, 2.75) is 13.0 Å². The summed E-state index contributed by atoms with van der Waals surface area (Å²) in [5, 5.41) is 3.53. The van der Waals surface area contributed by atoms with E-state index in [0.717, 1.165) is 21.2 Å². The molecule has 0 aliphatic rings. The first-order chi connectivity index (χ1) is 13.0. The number of hydrogen-bond acceptors (Lipinski definition) is 2. The Kier molecular flexibility index (Phi) is 6.54. The number of rotatable bonds is 6. The van der Waals surface area contributed by atoms with E-state index in [1.165, 1.54) is 0 Å². The SMILES string of the molecule is Cc1ccccc1C(NC(=O)COc1ccc(Br)cc1Cl)c1ccccc1. The van der Waals surface area contributed by atoms with Crippen molar-refractivity contribution in [3.8, 4) is 5.75 Å². The largest absolute Gasteiger partial charge is 0.482 e. The molecule has 0 saturated carbocycles. The Morgan fingerprint density at radius 2 is 1.78 bits per heavy atom. The Hall–Kier alpha value is -2.30. The van der Waals surface area contributed by atoms with Crippen LogP contribution in [-0.2, 0) is 4.79 Å². The van der Waals surface area contributed by atoms with Crippen LogP contribution in [-0.4, -0.2) is 12.5 Å². The number of benzene rings is 3. The Labute approximate surface area is 172 Å². The molecule has 0 aromatic heterocycles. The number of carbonyl (C=O) groups is 1. The lowest BCUT2D eigenvalue weighted by Gasteiger charge is -2.22. The van der Waals surface area contributed by atoms with E-state index in [9.17, 15) is 4.79 Å². The van der Waals surface area contributed by atoms with E-state index >= 15 is 0 Å². The number of nitrogens with one attached hydrogen (secondary N) is 1. The van der Waals surface area contributed by atoms with Gasteiger partial charge in [-0.25, -0.2) is 0 Å². The zero-order valence-electron chi connectivity index (χ0n) is 14.8. The van der Waals surface area contributed by atoms with Crippen molar-refractivity contribution in [1.29, 1.82) is 0 Å². The molecule has 3 aromatic rings. The smallest absolute Gasteiger partial charge is 0.258 e. The zero-order valence-corrected chi connectivity index (χ0v) is 17.1. The Bertz CT molecular complexity index is 931. The van der Waals surface area contributed by atoms with Crippen LogP contribution in [0.2, 0.25) is 5.02 Å². The second-order valence-electron chi connectivity index (χ2n) is 6.13. The lowest BCUT2D eigenvalue weighted by molar-refractivity contribution is -0.123. The fourth-order valence-corrected chi connectivity index (χ4v) is 3.56. The van der Waals surface area contributed by atoms with Crippen LogP contribution in [0.3, 0.4) is 0 Å². The van der Waals surface area contributed by atoms with E-state index in [2.05, 4.69) is 21.2 Å². The van der Waals surface area contributed by atoms with Gasteiger partial charge in [-0.3, -0.25) is 4.79 Å². The molecule has 0 spiro atoms. The van der Waals surface area contributed by atoms with Crippen molar-refractivity contribution in [2.24, 2.45) is 0 Å². The highest BCUT2D eigenvalue weighted by molar-refractivity contribution is 9.10. The minimum absolute atomic E-state index is 0.115. The van der Waals surface area contributed by atoms with Crippen molar-refractivity contribution < 1.29 is 9.53 Å². The standard InChI is InChI=1S/C22H19BrClNO2/c1-15-7-5-6-10-18(15)22(16-8-3-2-4-9-16)25-21(26)14-27-20-12-11-17(23)13-19(20)24/h2-13,22H,14H2,1H3,(H,25,26). The lowest BCUT2D eigenvalue weighted by Crippen LogP contribution is -2.33. The Balaban J connectivity index is 1.76. The predicted octanol–water partition coefficient (Wildman–Crippen LogP) is 5.70. The number of aryl methyl sites for hydroxylation is 1. The minimum atomic E-state index is -0.246. The van der Waals surface area contributed by atoms with Gasteiger partial charge in [0.2, 0.25) is 0 Å². The average molecular weight is 445 g/mol. The first kappa shape index (κ1) is 19.5. The second-order valence-corrected chi connectivity index (χ2v) is 7.45. The molecule has 3 aromatic carbocycles. The van der Waals surface area contributed by atoms with E-state index in [1.807, 2.05) is 67.6 Å². The summed E-state index contributed by atoms with van der Waals surface area (Å²) in [4.78, 5) is 12.6. The lowest BCUT2D eigenvalue weighted by atomic mass is 9.95. The fraction of sp³-hybridized carbons (Fsp3) is 0.136. The van der Waals surface area contributed by atoms with Gasteiger partial charge >= 0.3 is 0 Å². The molecule has 138 valence electrons. The van der Waals surface area contributed by atoms with Crippen LogP contribution >= 0.6 is 27.5 Å². The topological polar surface area (TPSA) is 38.3 Å². The van der Waals surface area contributed by atoms with Gasteiger partial charge in [0.05, 0.1) is 11.1 Å². The van der Waals surface area contributed by atoms with Crippen LogP contribution < -0.4 is 10.1 Å². The van der Waals surface area contributed by atoms with Gasteiger partial charge in [-0.2, -0.15) is 0 Å². The van der Waals surface area contributed by atoms with Crippen LogP contribution in [0, 0.1) is 6.92 Å². The highest BCUT2D eigenvalue weighted by Crippen LogP contribution is 2.28. The van der Waals surface area contributed by atoms with Crippen LogP contribution in [0.25, 0.3) is 0 Å². The molecule has 1 atom stereocenters. The van der Waals surface area contributed by atoms with E-state index < -0.39 is 0 Å². The minimum Gasteiger partial charge on any atom is -0.482 e. The molecule has 0 aliphatic carbocycles. The zero-order chi connectivity index (χ0) is 19.2. The van der Waals surface area contributed by atoms with Gasteiger partial charge in [0, 0.05) is 4.47 Å². The summed E-state index contributed by atoms with van der Waals surface area (Å²) in [7, 11) is 0. The van der Waals surface area contributed by atoms with Gasteiger partial charge in [0.15, 0.2) is 6.61 Å². The molecular weight excluding hydrogens is 426 g/mol. The molecule has 0 saturated heterocycles. The van der Waals surface area contributed by atoms with E-state index in [1.54, 1.807) is 12.1 Å². The van der Waals surface area contributed by atoms with E-state index in [0.29, 0.717) is 10.8 Å². The highest BCUT2D eigenvalue weighted by Gasteiger charge is 2.18. The van der Waals surface area contributed by atoms with Crippen molar-refractivity contribution in [1.82, 2.24) is 5.32 Å². The summed E-state index contributed by atoms with van der Waals surface area (Å²) in [6.45, 7) is 1.92. The molecule has 0 radical (unpaired) electrons. The first-order valence-electron chi connectivity index (χ1n) is 8.52. The molecule has 1 N–H and O–H groups in total. The fourth-order valence-electron chi connectivity index (χ4n) is 2.84. The molecule has 0 heterocycles. The number of ether oxygens (including phenoxy) is 1. The third kappa shape index (κ3) is 5.12. The molecule has 1 amide bonds. The third-order valence-corrected chi connectivity index (χ3v) is 4.98. The van der Waals surface area contributed by atoms with Gasteiger partial charge in [-0.1, -0.05) is 82.1 Å². The summed E-state index contributed by atoms with van der Waals surface area (Å²) in [5.41, 5.74) is 3.18. The normalized spacial score (nSPS) is 11.7. The van der Waals surface area contributed by atoms with Gasteiger partial charge in [0.1, 0.15) is 5.75 Å². The number of halogens is 2. The Morgan fingerprint density at radius 3 is 2.48 bits per heavy atom. The summed E-state index contributed by atoms with van der Waals surface area (Å²) in [6, 6.07) is 23.0. The van der Waals surface area contributed by atoms with Crippen molar-refractivity contribution in [3.63, 3.8) is 0 Å². The molecule has 3 rings (SSSR count). The predicted molar refractivity (Wildman–Crippen MR) is 112 cm³/mol. The summed E-state index contributed by atoms with van der Waals surface area (Å²) >= 11 is 9.49. The second kappa shape index (κ2) is 9.07. The highest BCUT2D eigenvalue weighted by atomic mass is 79.9. The summed E-state index contributed by atoms with van der Waals surface area (Å²) < 4.78 is 6.45. The van der Waals surface area contributed by atoms with Crippen LogP contribution in [0.15, 0.2) is 77.3 Å². The maximum atomic E-state index is 12.6. The molecule has 0 fully saturated rings. The molecule has 5 heteroatoms. The maximum absolute atomic E-state index is 12.6. The molecule has 27 heavy (non-hydrogen) atoms. The van der Waals surface area contributed by atoms with Gasteiger partial charge in [0.25, 0.3) is 5.91 Å².